The summed E-state index contributed by atoms with van der Waals surface area (Å²) in [5.41, 5.74) is 5.14. The van der Waals surface area contributed by atoms with Crippen molar-refractivity contribution in [1.29, 1.82) is 5.26 Å². The highest BCUT2D eigenvalue weighted by Gasteiger charge is 2.16. The first kappa shape index (κ1) is 20.8. The number of para-hydroxylation sites is 1. The maximum Gasteiger partial charge on any atom is 0.305 e. The van der Waals surface area contributed by atoms with Crippen molar-refractivity contribution in [3.05, 3.63) is 82.3 Å². The molecule has 0 saturated carbocycles. The Kier molecular flexibility index (Phi) is 6.57. The highest BCUT2D eigenvalue weighted by Crippen LogP contribution is 2.23. The summed E-state index contributed by atoms with van der Waals surface area (Å²) in [6.07, 6.45) is 0. The number of furan rings is 1. The highest BCUT2D eigenvalue weighted by molar-refractivity contribution is 6.30. The number of hydrazine groups is 1. The van der Waals surface area contributed by atoms with Crippen LogP contribution in [0.25, 0.3) is 0 Å². The molecule has 0 bridgehead atoms. The van der Waals surface area contributed by atoms with E-state index in [1.807, 2.05) is 6.07 Å². The van der Waals surface area contributed by atoms with Gasteiger partial charge in [0.05, 0.1) is 18.2 Å². The van der Waals surface area contributed by atoms with Crippen LogP contribution in [0.5, 0.6) is 11.5 Å². The van der Waals surface area contributed by atoms with Crippen LogP contribution in [0.3, 0.4) is 0 Å². The summed E-state index contributed by atoms with van der Waals surface area (Å²) in [5, 5.41) is 9.48. The molecule has 3 rings (SSSR count). The largest absolute Gasteiger partial charge is 0.496 e. The smallest absolute Gasteiger partial charge is 0.305 e. The Balaban J connectivity index is 1.57. The van der Waals surface area contributed by atoms with Crippen molar-refractivity contribution >= 4 is 23.4 Å². The predicted molar refractivity (Wildman–Crippen MR) is 107 cm³/mol. The topological polar surface area (TPSA) is 114 Å². The number of ether oxygens (including phenoxy) is 2. The number of hydrogen-bond acceptors (Lipinski definition) is 6. The van der Waals surface area contributed by atoms with Gasteiger partial charge in [-0.15, -0.1) is 0 Å². The highest BCUT2D eigenvalue weighted by atomic mass is 35.5. The molecule has 1 heterocycles. The summed E-state index contributed by atoms with van der Waals surface area (Å²) in [5.74, 6) is -0.208. The fraction of sp³-hybridized carbons (Fsp3) is 0.0952. The third-order valence-corrected chi connectivity index (χ3v) is 4.20. The zero-order valence-electron chi connectivity index (χ0n) is 15.8. The number of nitriles is 1. The number of halogens is 1. The summed E-state index contributed by atoms with van der Waals surface area (Å²) in [4.78, 5) is 24.5. The van der Waals surface area contributed by atoms with Gasteiger partial charge in [0.1, 0.15) is 29.9 Å². The minimum atomic E-state index is -0.653. The lowest BCUT2D eigenvalue weighted by molar-refractivity contribution is 0.0827. The molecule has 0 saturated heterocycles. The van der Waals surface area contributed by atoms with Crippen LogP contribution in [0.4, 0.5) is 0 Å². The van der Waals surface area contributed by atoms with Gasteiger partial charge >= 0.3 is 5.91 Å². The Labute approximate surface area is 176 Å². The number of nitrogens with zero attached hydrogens (tertiary/aromatic N) is 1. The first-order chi connectivity index (χ1) is 14.5. The minimum Gasteiger partial charge on any atom is -0.496 e. The van der Waals surface area contributed by atoms with Gasteiger partial charge in [-0.2, -0.15) is 5.26 Å². The van der Waals surface area contributed by atoms with Gasteiger partial charge in [0.15, 0.2) is 5.76 Å². The number of benzene rings is 2. The molecular formula is C21H16ClN3O5. The molecule has 0 aliphatic carbocycles. The van der Waals surface area contributed by atoms with Crippen molar-refractivity contribution in [3.63, 3.8) is 0 Å². The maximum absolute atomic E-state index is 12.3. The minimum absolute atomic E-state index is 0.0226. The van der Waals surface area contributed by atoms with Crippen molar-refractivity contribution in [3.8, 4) is 17.6 Å². The molecule has 2 N–H and O–H groups in total. The first-order valence-corrected chi connectivity index (χ1v) is 9.04. The Morgan fingerprint density at radius 2 is 1.83 bits per heavy atom. The monoisotopic (exact) mass is 425 g/mol. The Morgan fingerprint density at radius 3 is 2.60 bits per heavy atom. The molecule has 3 aromatic rings. The molecule has 0 fully saturated rings. The lowest BCUT2D eigenvalue weighted by Gasteiger charge is -2.10. The maximum atomic E-state index is 12.3. The summed E-state index contributed by atoms with van der Waals surface area (Å²) < 4.78 is 16.1. The second-order valence-corrected chi connectivity index (χ2v) is 6.35. The van der Waals surface area contributed by atoms with E-state index < -0.39 is 11.8 Å². The molecule has 0 radical (unpaired) electrons. The summed E-state index contributed by atoms with van der Waals surface area (Å²) in [7, 11) is 1.41. The number of amides is 2. The van der Waals surface area contributed by atoms with Crippen LogP contribution < -0.4 is 20.3 Å². The average molecular weight is 426 g/mol. The van der Waals surface area contributed by atoms with Crippen LogP contribution in [0, 0.1) is 11.3 Å². The predicted octanol–water partition coefficient (Wildman–Crippen LogP) is 3.47. The first-order valence-electron chi connectivity index (χ1n) is 8.66. The van der Waals surface area contributed by atoms with Crippen LogP contribution in [0.2, 0.25) is 5.02 Å². The van der Waals surface area contributed by atoms with Crippen LogP contribution in [-0.2, 0) is 6.61 Å². The van der Waals surface area contributed by atoms with Gasteiger partial charge in [-0.1, -0.05) is 23.7 Å². The van der Waals surface area contributed by atoms with Crippen molar-refractivity contribution in [2.45, 2.75) is 6.61 Å². The van der Waals surface area contributed by atoms with Gasteiger partial charge in [-0.3, -0.25) is 20.4 Å². The Bertz CT molecular complexity index is 1120. The van der Waals surface area contributed by atoms with Gasteiger partial charge in [-0.25, -0.2) is 0 Å². The van der Waals surface area contributed by atoms with E-state index in [9.17, 15) is 9.59 Å². The molecular weight excluding hydrogens is 410 g/mol. The van der Waals surface area contributed by atoms with Crippen LogP contribution in [-0.4, -0.2) is 18.9 Å². The molecule has 1 aromatic heterocycles. The van der Waals surface area contributed by atoms with E-state index in [1.54, 1.807) is 30.3 Å². The second-order valence-electron chi connectivity index (χ2n) is 5.92. The molecule has 2 amide bonds. The lowest BCUT2D eigenvalue weighted by Crippen LogP contribution is -2.41. The summed E-state index contributed by atoms with van der Waals surface area (Å²) in [6.45, 7) is 0.0281. The third-order valence-electron chi connectivity index (χ3n) is 3.96. The Morgan fingerprint density at radius 1 is 1.07 bits per heavy atom. The molecule has 9 heteroatoms. The van der Waals surface area contributed by atoms with Gasteiger partial charge in [0.2, 0.25) is 0 Å². The molecule has 0 spiro atoms. The number of hydrogen-bond donors (Lipinski definition) is 2. The average Bonchev–Trinajstić information content (AvgIpc) is 3.25. The number of carbonyl (C=O) groups excluding carboxylic acids is 2. The fourth-order valence-electron chi connectivity index (χ4n) is 2.51. The number of carbonyl (C=O) groups is 2. The van der Waals surface area contributed by atoms with Crippen LogP contribution in [0.1, 0.15) is 32.2 Å². The van der Waals surface area contributed by atoms with Crippen molar-refractivity contribution < 1.29 is 23.5 Å². The Hall–Kier alpha value is -3.96. The van der Waals surface area contributed by atoms with E-state index in [2.05, 4.69) is 10.9 Å². The SMILES string of the molecule is COc1cc(Cl)ccc1C(=O)NNC(=O)c1ccc(COc2ccccc2C#N)o1. The quantitative estimate of drug-likeness (QED) is 0.584. The number of rotatable bonds is 6. The zero-order valence-corrected chi connectivity index (χ0v) is 16.5. The van der Waals surface area contributed by atoms with E-state index in [0.29, 0.717) is 22.1 Å². The van der Waals surface area contributed by atoms with E-state index >= 15 is 0 Å². The van der Waals surface area contributed by atoms with Gasteiger partial charge in [0.25, 0.3) is 5.91 Å². The van der Waals surface area contributed by atoms with Gasteiger partial charge in [-0.05, 0) is 42.5 Å². The molecule has 2 aromatic carbocycles. The number of nitrogens with one attached hydrogen (secondary N) is 2. The van der Waals surface area contributed by atoms with Gasteiger partial charge < -0.3 is 13.9 Å². The third kappa shape index (κ3) is 4.90. The number of methoxy groups -OCH3 is 1. The van der Waals surface area contributed by atoms with Crippen LogP contribution in [0.15, 0.2) is 59.0 Å². The van der Waals surface area contributed by atoms with E-state index in [-0.39, 0.29) is 23.7 Å². The van der Waals surface area contributed by atoms with E-state index in [1.165, 1.54) is 31.4 Å². The standard InChI is InChI=1S/C21H16ClN3O5/c1-28-19-10-14(22)6-8-16(19)20(26)24-25-21(27)18-9-7-15(30-18)12-29-17-5-3-2-4-13(17)11-23/h2-10H,12H2,1H3,(H,24,26)(H,25,27). The summed E-state index contributed by atoms with van der Waals surface area (Å²) >= 11 is 5.87. The van der Waals surface area contributed by atoms with Crippen LogP contribution >= 0.6 is 11.6 Å². The van der Waals surface area contributed by atoms with E-state index in [4.69, 9.17) is 30.8 Å². The second kappa shape index (κ2) is 9.49. The molecule has 0 aliphatic rings. The summed E-state index contributed by atoms with van der Waals surface area (Å²) in [6, 6.07) is 16.3. The fourth-order valence-corrected chi connectivity index (χ4v) is 2.67. The lowest BCUT2D eigenvalue weighted by atomic mass is 10.2. The molecule has 8 nitrogen and oxygen atoms in total. The van der Waals surface area contributed by atoms with Crippen molar-refractivity contribution in [2.24, 2.45) is 0 Å². The molecule has 0 atom stereocenters. The zero-order chi connectivity index (χ0) is 21.5. The normalized spacial score (nSPS) is 10.0. The van der Waals surface area contributed by atoms with Gasteiger partial charge in [0, 0.05) is 5.02 Å². The molecule has 30 heavy (non-hydrogen) atoms. The van der Waals surface area contributed by atoms with Crippen molar-refractivity contribution in [1.82, 2.24) is 10.9 Å². The van der Waals surface area contributed by atoms with Crippen molar-refractivity contribution in [2.75, 3.05) is 7.11 Å². The van der Waals surface area contributed by atoms with E-state index in [0.717, 1.165) is 0 Å². The molecule has 152 valence electrons. The molecule has 0 aliphatic heterocycles. The molecule has 0 unspecified atom stereocenters.